The number of nitrogens with zero attached hydrogens (tertiary/aromatic N) is 1. The van der Waals surface area contributed by atoms with Crippen molar-refractivity contribution in [2.24, 2.45) is 0 Å². The predicted molar refractivity (Wildman–Crippen MR) is 85.2 cm³/mol. The third-order valence-electron chi connectivity index (χ3n) is 2.62. The van der Waals surface area contributed by atoms with Gasteiger partial charge in [0.05, 0.1) is 17.8 Å². The van der Waals surface area contributed by atoms with Crippen LogP contribution in [0, 0.1) is 0 Å². The summed E-state index contributed by atoms with van der Waals surface area (Å²) in [6.45, 7) is 0.679. The Hall–Kier alpha value is -0.850. The summed E-state index contributed by atoms with van der Waals surface area (Å²) in [5.41, 5.74) is 1.01. The zero-order chi connectivity index (χ0) is 14.0. The monoisotopic (exact) mass is 403 g/mol. The molecule has 0 atom stereocenters. The third-order valence-corrected chi connectivity index (χ3v) is 4.79. The van der Waals surface area contributed by atoms with Crippen LogP contribution in [0.15, 0.2) is 38.6 Å². The molecule has 6 heteroatoms. The van der Waals surface area contributed by atoms with Crippen molar-refractivity contribution < 1.29 is 9.90 Å². The van der Waals surface area contributed by atoms with Gasteiger partial charge in [-0.1, -0.05) is 15.9 Å². The minimum absolute atomic E-state index is 0.299. The summed E-state index contributed by atoms with van der Waals surface area (Å²) in [6, 6.07) is 7.33. The maximum atomic E-state index is 11.3. The van der Waals surface area contributed by atoms with Gasteiger partial charge in [-0.15, -0.1) is 11.3 Å². The van der Waals surface area contributed by atoms with Crippen molar-refractivity contribution >= 4 is 54.9 Å². The Morgan fingerprint density at radius 3 is 2.63 bits per heavy atom. The van der Waals surface area contributed by atoms with E-state index in [1.54, 1.807) is 17.4 Å². The van der Waals surface area contributed by atoms with Crippen molar-refractivity contribution in [1.29, 1.82) is 0 Å². The molecule has 0 amide bonds. The molecule has 0 spiro atoms. The van der Waals surface area contributed by atoms with Crippen molar-refractivity contribution in [3.63, 3.8) is 0 Å². The minimum Gasteiger partial charge on any atom is -0.478 e. The average Bonchev–Trinajstić information content (AvgIpc) is 2.74. The van der Waals surface area contributed by atoms with Gasteiger partial charge in [0.2, 0.25) is 0 Å². The van der Waals surface area contributed by atoms with Gasteiger partial charge in [0.25, 0.3) is 0 Å². The van der Waals surface area contributed by atoms with Gasteiger partial charge in [-0.3, -0.25) is 0 Å². The molecule has 0 unspecified atom stereocenters. The van der Waals surface area contributed by atoms with Crippen LogP contribution >= 0.6 is 43.2 Å². The molecule has 1 heterocycles. The molecule has 1 aromatic heterocycles. The van der Waals surface area contributed by atoms with Gasteiger partial charge in [-0.2, -0.15) is 0 Å². The molecule has 0 saturated heterocycles. The summed E-state index contributed by atoms with van der Waals surface area (Å²) in [6.07, 6.45) is 0. The Morgan fingerprint density at radius 2 is 2.05 bits per heavy atom. The van der Waals surface area contributed by atoms with Crippen LogP contribution in [0.4, 0.5) is 5.69 Å². The summed E-state index contributed by atoms with van der Waals surface area (Å²) in [5.74, 6) is -0.921. The zero-order valence-corrected chi connectivity index (χ0v) is 14.0. The van der Waals surface area contributed by atoms with Crippen molar-refractivity contribution in [2.45, 2.75) is 6.54 Å². The number of carboxylic acids is 1. The molecule has 0 fully saturated rings. The molecule has 100 valence electrons. The highest BCUT2D eigenvalue weighted by molar-refractivity contribution is 9.10. The molecule has 0 saturated carbocycles. The van der Waals surface area contributed by atoms with Gasteiger partial charge in [-0.25, -0.2) is 4.79 Å². The van der Waals surface area contributed by atoms with E-state index in [1.165, 1.54) is 4.88 Å². The molecule has 19 heavy (non-hydrogen) atoms. The van der Waals surface area contributed by atoms with E-state index in [0.29, 0.717) is 17.8 Å². The highest BCUT2D eigenvalue weighted by Crippen LogP contribution is 2.27. The van der Waals surface area contributed by atoms with Gasteiger partial charge in [-0.05, 0) is 40.2 Å². The summed E-state index contributed by atoms with van der Waals surface area (Å²) in [4.78, 5) is 14.4. The summed E-state index contributed by atoms with van der Waals surface area (Å²) < 4.78 is 1.82. The van der Waals surface area contributed by atoms with E-state index >= 15 is 0 Å². The number of benzene rings is 1. The Balaban J connectivity index is 2.28. The number of carboxylic acid groups (broad SMARTS) is 1. The molecule has 1 N–H and O–H groups in total. The number of halogens is 2. The quantitative estimate of drug-likeness (QED) is 0.808. The van der Waals surface area contributed by atoms with Gasteiger partial charge >= 0.3 is 5.97 Å². The lowest BCUT2D eigenvalue weighted by atomic mass is 10.1. The Labute approximate surface area is 132 Å². The van der Waals surface area contributed by atoms with E-state index in [-0.39, 0.29) is 0 Å². The largest absolute Gasteiger partial charge is 0.478 e. The summed E-state index contributed by atoms with van der Waals surface area (Å²) >= 11 is 8.36. The van der Waals surface area contributed by atoms with Crippen molar-refractivity contribution in [1.82, 2.24) is 0 Å². The zero-order valence-electron chi connectivity index (χ0n) is 10.1. The maximum Gasteiger partial charge on any atom is 0.337 e. The van der Waals surface area contributed by atoms with E-state index in [1.807, 2.05) is 35.5 Å². The number of hydrogen-bond acceptors (Lipinski definition) is 3. The van der Waals surface area contributed by atoms with Crippen LogP contribution in [0.3, 0.4) is 0 Å². The first-order chi connectivity index (χ1) is 8.97. The molecular formula is C13H11Br2NO2S. The molecule has 0 bridgehead atoms. The molecule has 1 aromatic carbocycles. The first-order valence-corrected chi connectivity index (χ1v) is 7.91. The van der Waals surface area contributed by atoms with E-state index < -0.39 is 5.97 Å². The summed E-state index contributed by atoms with van der Waals surface area (Å²) in [5, 5.41) is 11.3. The fourth-order valence-corrected chi connectivity index (χ4v) is 3.63. The van der Waals surface area contributed by atoms with Crippen LogP contribution in [0.25, 0.3) is 0 Å². The van der Waals surface area contributed by atoms with Gasteiger partial charge in [0, 0.05) is 26.3 Å². The van der Waals surface area contributed by atoms with Gasteiger partial charge in [0.15, 0.2) is 0 Å². The Bertz CT molecular complexity index is 612. The van der Waals surface area contributed by atoms with Crippen LogP contribution in [-0.2, 0) is 6.54 Å². The predicted octanol–water partition coefficient (Wildman–Crippen LogP) is 4.61. The van der Waals surface area contributed by atoms with Crippen LogP contribution in [0.2, 0.25) is 0 Å². The fraction of sp³-hybridized carbons (Fsp3) is 0.154. The van der Waals surface area contributed by atoms with Crippen LogP contribution in [-0.4, -0.2) is 18.1 Å². The molecule has 2 aromatic rings. The number of rotatable bonds is 4. The fourth-order valence-electron chi connectivity index (χ4n) is 1.77. The van der Waals surface area contributed by atoms with Crippen LogP contribution in [0.5, 0.6) is 0 Å². The number of hydrogen-bond donors (Lipinski definition) is 1. The van der Waals surface area contributed by atoms with E-state index in [9.17, 15) is 9.90 Å². The molecule has 2 rings (SSSR count). The highest BCUT2D eigenvalue weighted by atomic mass is 79.9. The first kappa shape index (κ1) is 14.6. The van der Waals surface area contributed by atoms with E-state index in [0.717, 1.165) is 8.95 Å². The topological polar surface area (TPSA) is 40.5 Å². The molecular weight excluding hydrogens is 394 g/mol. The SMILES string of the molecule is CN(Cc1cc(Br)cs1)c1ccc(Br)cc1C(=O)O. The third kappa shape index (κ3) is 3.58. The van der Waals surface area contributed by atoms with E-state index in [4.69, 9.17) is 0 Å². The smallest absolute Gasteiger partial charge is 0.337 e. The molecule has 0 aliphatic carbocycles. The first-order valence-electron chi connectivity index (χ1n) is 5.44. The van der Waals surface area contributed by atoms with Crippen molar-refractivity contribution in [2.75, 3.05) is 11.9 Å². The lowest BCUT2D eigenvalue weighted by Gasteiger charge is -2.20. The lowest BCUT2D eigenvalue weighted by Crippen LogP contribution is -2.18. The number of anilines is 1. The Morgan fingerprint density at radius 1 is 1.32 bits per heavy atom. The lowest BCUT2D eigenvalue weighted by molar-refractivity contribution is 0.0697. The van der Waals surface area contributed by atoms with Gasteiger partial charge in [0.1, 0.15) is 0 Å². The van der Waals surface area contributed by atoms with Crippen LogP contribution in [0.1, 0.15) is 15.2 Å². The standard InChI is InChI=1S/C13H11Br2NO2S/c1-16(6-10-4-9(15)7-19-10)12-3-2-8(14)5-11(12)13(17)18/h2-5,7H,6H2,1H3,(H,17,18). The second kappa shape index (κ2) is 6.07. The van der Waals surface area contributed by atoms with Crippen molar-refractivity contribution in [3.05, 3.63) is 49.0 Å². The molecule has 0 aliphatic rings. The highest BCUT2D eigenvalue weighted by Gasteiger charge is 2.14. The number of thiophene rings is 1. The molecule has 0 radical (unpaired) electrons. The number of carbonyl (C=O) groups is 1. The Kier molecular flexibility index (Phi) is 4.65. The number of aromatic carboxylic acids is 1. The van der Waals surface area contributed by atoms with Crippen LogP contribution < -0.4 is 4.90 Å². The maximum absolute atomic E-state index is 11.3. The second-order valence-electron chi connectivity index (χ2n) is 4.05. The molecule has 0 aliphatic heterocycles. The van der Waals surface area contributed by atoms with Crippen molar-refractivity contribution in [3.8, 4) is 0 Å². The summed E-state index contributed by atoms with van der Waals surface area (Å²) in [7, 11) is 1.89. The minimum atomic E-state index is -0.921. The van der Waals surface area contributed by atoms with E-state index in [2.05, 4.69) is 31.9 Å². The average molecular weight is 405 g/mol. The second-order valence-corrected chi connectivity index (χ2v) is 6.88. The van der Waals surface area contributed by atoms with Gasteiger partial charge < -0.3 is 10.0 Å². The molecule has 3 nitrogen and oxygen atoms in total. The normalized spacial score (nSPS) is 10.5.